The maximum absolute atomic E-state index is 14.2. The molecule has 5 rings (SSSR count). The summed E-state index contributed by atoms with van der Waals surface area (Å²) in [5, 5.41) is 6.41. The molecular weight excluding hydrogens is 633 g/mol. The molecule has 2 aromatic rings. The predicted octanol–water partition coefficient (Wildman–Crippen LogP) is 6.64. The predicted molar refractivity (Wildman–Crippen MR) is 182 cm³/mol. The van der Waals surface area contributed by atoms with Crippen molar-refractivity contribution in [1.82, 2.24) is 10.2 Å². The molecule has 2 saturated carbocycles. The molecule has 2 aliphatic carbocycles. The van der Waals surface area contributed by atoms with E-state index in [1.54, 1.807) is 64.0 Å². The van der Waals surface area contributed by atoms with Crippen LogP contribution in [-0.4, -0.2) is 79.5 Å². The van der Waals surface area contributed by atoms with Crippen LogP contribution in [0.5, 0.6) is 0 Å². The first-order valence-corrected chi connectivity index (χ1v) is 17.8. The molecule has 49 heavy (non-hydrogen) atoms. The number of amides is 3. The SMILES string of the molecule is CCOC(=O)c1cc2cc(NC(=O)[C@H]3[C@@H](C4CCC(OC)CC4)CCN3C(=O)C3CCC([C@@H](CF)NC(=O)OC(C)(C)C)CC3)ccc2o1. The number of nitrogens with zero attached hydrogens (tertiary/aromatic N) is 1. The summed E-state index contributed by atoms with van der Waals surface area (Å²) in [7, 11) is 1.74. The Balaban J connectivity index is 1.28. The molecule has 0 spiro atoms. The molecule has 0 radical (unpaired) electrons. The van der Waals surface area contributed by atoms with Gasteiger partial charge >= 0.3 is 12.1 Å². The van der Waals surface area contributed by atoms with E-state index in [1.165, 1.54) is 0 Å². The smallest absolute Gasteiger partial charge is 0.407 e. The van der Waals surface area contributed by atoms with Gasteiger partial charge in [0.25, 0.3) is 0 Å². The van der Waals surface area contributed by atoms with E-state index in [0.29, 0.717) is 54.8 Å². The number of carbonyl (C=O) groups excluding carboxylic acids is 4. The van der Waals surface area contributed by atoms with Crippen LogP contribution in [0.3, 0.4) is 0 Å². The van der Waals surface area contributed by atoms with Gasteiger partial charge in [-0.3, -0.25) is 9.59 Å². The van der Waals surface area contributed by atoms with Gasteiger partial charge in [0.2, 0.25) is 17.6 Å². The molecule has 2 N–H and O–H groups in total. The number of fused-ring (bicyclic) bond motifs is 1. The number of rotatable bonds is 10. The van der Waals surface area contributed by atoms with Crippen LogP contribution >= 0.6 is 0 Å². The monoisotopic (exact) mass is 685 g/mol. The molecule has 2 heterocycles. The van der Waals surface area contributed by atoms with Crippen molar-refractivity contribution in [2.75, 3.05) is 32.3 Å². The molecule has 3 atom stereocenters. The summed E-state index contributed by atoms with van der Waals surface area (Å²) in [6.45, 7) is 7.03. The van der Waals surface area contributed by atoms with E-state index in [2.05, 4.69) is 10.6 Å². The van der Waals surface area contributed by atoms with Gasteiger partial charge in [-0.15, -0.1) is 0 Å². The number of alkyl carbamates (subject to hydrolysis) is 1. The zero-order valence-electron chi connectivity index (χ0n) is 29.4. The number of hydrogen-bond acceptors (Lipinski definition) is 8. The van der Waals surface area contributed by atoms with E-state index in [9.17, 15) is 23.6 Å². The fraction of sp³-hybridized carbons (Fsp3) is 0.676. The van der Waals surface area contributed by atoms with Gasteiger partial charge in [-0.25, -0.2) is 14.0 Å². The average molecular weight is 686 g/mol. The molecule has 3 amide bonds. The highest BCUT2D eigenvalue weighted by Gasteiger charge is 2.47. The fourth-order valence-corrected chi connectivity index (χ4v) is 8.03. The molecule has 3 fully saturated rings. The first-order chi connectivity index (χ1) is 23.4. The lowest BCUT2D eigenvalue weighted by atomic mass is 9.75. The number of nitrogens with one attached hydrogen (secondary N) is 2. The van der Waals surface area contributed by atoms with E-state index in [0.717, 1.165) is 32.1 Å². The summed E-state index contributed by atoms with van der Waals surface area (Å²) in [4.78, 5) is 54.7. The molecule has 1 saturated heterocycles. The number of ether oxygens (including phenoxy) is 3. The highest BCUT2D eigenvalue weighted by Crippen LogP contribution is 2.42. The maximum Gasteiger partial charge on any atom is 0.407 e. The molecule has 0 bridgehead atoms. The van der Waals surface area contributed by atoms with Gasteiger partial charge in [0, 0.05) is 30.6 Å². The Bertz CT molecular complexity index is 1470. The number of furan rings is 1. The number of hydrogen-bond donors (Lipinski definition) is 2. The third-order valence-corrected chi connectivity index (χ3v) is 10.5. The molecule has 0 unspecified atom stereocenters. The van der Waals surface area contributed by atoms with Gasteiger partial charge in [0.05, 0.1) is 18.8 Å². The van der Waals surface area contributed by atoms with Crippen LogP contribution in [0.2, 0.25) is 0 Å². The standard InChI is InChI=1S/C37H52FN3O8/c1-6-47-35(44)31-20-25-19-26(13-16-30(25)48-31)39-33(42)32-28(22-11-14-27(46-5)15-12-22)17-18-41(32)34(43)24-9-7-23(8-10-24)29(21-38)40-36(45)49-37(2,3)4/h13,16,19-20,22-24,27-29,32H,6-12,14-15,17-18,21H2,1-5H3,(H,39,42)(H,40,45)/t22?,23?,24?,27?,28-,29-,32-/m1/s1. The molecule has 1 aromatic carbocycles. The summed E-state index contributed by atoms with van der Waals surface area (Å²) < 4.78 is 35.7. The van der Waals surface area contributed by atoms with Crippen molar-refractivity contribution in [2.24, 2.45) is 23.7 Å². The first kappa shape index (κ1) is 36.6. The van der Waals surface area contributed by atoms with Gasteiger partial charge in [-0.1, -0.05) is 0 Å². The lowest BCUT2D eigenvalue weighted by Crippen LogP contribution is -2.50. The van der Waals surface area contributed by atoms with Gasteiger partial charge < -0.3 is 34.2 Å². The number of alkyl halides is 1. The molecule has 270 valence electrons. The number of benzene rings is 1. The summed E-state index contributed by atoms with van der Waals surface area (Å²) in [6.07, 6.45) is 6.36. The van der Waals surface area contributed by atoms with Crippen molar-refractivity contribution in [1.29, 1.82) is 0 Å². The lowest BCUT2D eigenvalue weighted by Gasteiger charge is -2.38. The van der Waals surface area contributed by atoms with Gasteiger partial charge in [0.15, 0.2) is 0 Å². The Morgan fingerprint density at radius 2 is 1.71 bits per heavy atom. The van der Waals surface area contributed by atoms with Gasteiger partial charge in [-0.05, 0) is 128 Å². The quantitative estimate of drug-likeness (QED) is 0.266. The Labute approximate surface area is 287 Å². The zero-order valence-corrected chi connectivity index (χ0v) is 29.4. The van der Waals surface area contributed by atoms with Crippen molar-refractivity contribution < 1.29 is 42.2 Å². The van der Waals surface area contributed by atoms with Crippen LogP contribution < -0.4 is 10.6 Å². The third kappa shape index (κ3) is 8.93. The van der Waals surface area contributed by atoms with E-state index in [4.69, 9.17) is 18.6 Å². The minimum Gasteiger partial charge on any atom is -0.460 e. The maximum atomic E-state index is 14.2. The molecular formula is C37H52FN3O8. The normalized spacial score (nSPS) is 26.6. The summed E-state index contributed by atoms with van der Waals surface area (Å²) in [5.41, 5.74) is 0.359. The topological polar surface area (TPSA) is 136 Å². The van der Waals surface area contributed by atoms with Crippen LogP contribution in [0.15, 0.2) is 28.7 Å². The van der Waals surface area contributed by atoms with Crippen molar-refractivity contribution in [3.05, 3.63) is 30.0 Å². The second kappa shape index (κ2) is 15.9. The van der Waals surface area contributed by atoms with Crippen molar-refractivity contribution in [3.63, 3.8) is 0 Å². The minimum atomic E-state index is -0.710. The molecule has 1 aliphatic heterocycles. The Hall–Kier alpha value is -3.67. The third-order valence-electron chi connectivity index (χ3n) is 10.5. The number of methoxy groups -OCH3 is 1. The highest BCUT2D eigenvalue weighted by molar-refractivity contribution is 6.00. The molecule has 11 nitrogen and oxygen atoms in total. The number of carbonyl (C=O) groups is 4. The van der Waals surface area contributed by atoms with Crippen LogP contribution in [0.1, 0.15) is 96.0 Å². The van der Waals surface area contributed by atoms with Crippen LogP contribution in [-0.2, 0) is 23.8 Å². The zero-order chi connectivity index (χ0) is 35.3. The average Bonchev–Trinajstić information content (AvgIpc) is 3.71. The molecule has 1 aromatic heterocycles. The van der Waals surface area contributed by atoms with Gasteiger partial charge in [-0.2, -0.15) is 0 Å². The minimum absolute atomic E-state index is 0.0140. The van der Waals surface area contributed by atoms with Crippen molar-refractivity contribution in [3.8, 4) is 0 Å². The lowest BCUT2D eigenvalue weighted by molar-refractivity contribution is -0.142. The second-order valence-electron chi connectivity index (χ2n) is 14.8. The van der Waals surface area contributed by atoms with E-state index in [1.807, 2.05) is 0 Å². The van der Waals surface area contributed by atoms with Crippen molar-refractivity contribution in [2.45, 2.75) is 109 Å². The van der Waals surface area contributed by atoms with E-state index < -0.39 is 36.4 Å². The van der Waals surface area contributed by atoms with Crippen molar-refractivity contribution >= 4 is 40.5 Å². The Morgan fingerprint density at radius 3 is 2.35 bits per heavy atom. The van der Waals surface area contributed by atoms with Crippen LogP contribution in [0, 0.1) is 23.7 Å². The van der Waals surface area contributed by atoms with E-state index in [-0.39, 0.29) is 48.0 Å². The number of likely N-dealkylation sites (tertiary alicyclic amines) is 1. The number of halogens is 1. The first-order valence-electron chi connectivity index (χ1n) is 17.8. The Morgan fingerprint density at radius 1 is 1.00 bits per heavy atom. The summed E-state index contributed by atoms with van der Waals surface area (Å²) >= 11 is 0. The number of esters is 1. The molecule has 3 aliphatic rings. The van der Waals surface area contributed by atoms with Gasteiger partial charge in [0.1, 0.15) is 23.9 Å². The summed E-state index contributed by atoms with van der Waals surface area (Å²) in [5.74, 6) is -0.802. The second-order valence-corrected chi connectivity index (χ2v) is 14.8. The van der Waals surface area contributed by atoms with Crippen LogP contribution in [0.25, 0.3) is 11.0 Å². The number of anilines is 1. The highest BCUT2D eigenvalue weighted by atomic mass is 19.1. The van der Waals surface area contributed by atoms with E-state index >= 15 is 0 Å². The largest absolute Gasteiger partial charge is 0.460 e. The van der Waals surface area contributed by atoms with Crippen LogP contribution in [0.4, 0.5) is 14.9 Å². The molecule has 12 heteroatoms. The Kier molecular flexibility index (Phi) is 11.9. The fourth-order valence-electron chi connectivity index (χ4n) is 8.03. The summed E-state index contributed by atoms with van der Waals surface area (Å²) in [6, 6.07) is 5.48.